The van der Waals surface area contributed by atoms with Crippen molar-refractivity contribution in [2.45, 2.75) is 13.8 Å². The van der Waals surface area contributed by atoms with Crippen molar-refractivity contribution in [2.75, 3.05) is 6.61 Å². The molecule has 0 spiro atoms. The van der Waals surface area contributed by atoms with Crippen LogP contribution in [0, 0.1) is 13.8 Å². The van der Waals surface area contributed by atoms with Gasteiger partial charge in [-0.05, 0) is 37.1 Å². The maximum atomic E-state index is 10.1. The smallest absolute Gasteiger partial charge is 0.157 e. The molecule has 0 aliphatic carbocycles. The highest BCUT2D eigenvalue weighted by Crippen LogP contribution is 2.26. The van der Waals surface area contributed by atoms with Crippen LogP contribution < -0.4 is 4.74 Å². The summed E-state index contributed by atoms with van der Waals surface area (Å²) in [5, 5.41) is 0. The largest absolute Gasteiger partial charge is 0.486 e. The molecule has 1 rings (SSSR count). The maximum Gasteiger partial charge on any atom is 0.157 e. The highest BCUT2D eigenvalue weighted by molar-refractivity contribution is 9.10. The maximum absolute atomic E-state index is 10.1. The van der Waals surface area contributed by atoms with Crippen LogP contribution in [0.3, 0.4) is 0 Å². The van der Waals surface area contributed by atoms with Gasteiger partial charge >= 0.3 is 0 Å². The van der Waals surface area contributed by atoms with Gasteiger partial charge in [-0.3, -0.25) is 4.79 Å². The zero-order valence-electron chi connectivity index (χ0n) is 7.63. The van der Waals surface area contributed by atoms with Gasteiger partial charge in [0.15, 0.2) is 6.29 Å². The van der Waals surface area contributed by atoms with Gasteiger partial charge in [0.05, 0.1) is 0 Å². The molecule has 0 amide bonds. The van der Waals surface area contributed by atoms with Crippen molar-refractivity contribution < 1.29 is 9.53 Å². The number of halogens is 1. The molecule has 1 aromatic carbocycles. The Balaban J connectivity index is 2.98. The van der Waals surface area contributed by atoms with Gasteiger partial charge in [0, 0.05) is 4.47 Å². The van der Waals surface area contributed by atoms with Crippen LogP contribution in [0.25, 0.3) is 0 Å². The average molecular weight is 243 g/mol. The molecule has 0 fully saturated rings. The van der Waals surface area contributed by atoms with Crippen LogP contribution >= 0.6 is 15.9 Å². The lowest BCUT2D eigenvalue weighted by molar-refractivity contribution is -0.109. The number of aldehydes is 1. The molecular weight excluding hydrogens is 232 g/mol. The number of aryl methyl sites for hydroxylation is 2. The summed E-state index contributed by atoms with van der Waals surface area (Å²) in [7, 11) is 0. The molecule has 0 saturated carbocycles. The Labute approximate surface area is 86.0 Å². The Kier molecular flexibility index (Phi) is 3.48. The second kappa shape index (κ2) is 4.42. The Morgan fingerprint density at radius 1 is 1.38 bits per heavy atom. The number of ether oxygens (including phenoxy) is 1. The summed E-state index contributed by atoms with van der Waals surface area (Å²) < 4.78 is 6.31. The molecule has 2 nitrogen and oxygen atoms in total. The monoisotopic (exact) mass is 242 g/mol. The van der Waals surface area contributed by atoms with Crippen LogP contribution in [0.2, 0.25) is 0 Å². The first-order valence-corrected chi connectivity index (χ1v) is 4.77. The van der Waals surface area contributed by atoms with Crippen LogP contribution in [-0.4, -0.2) is 12.9 Å². The summed E-state index contributed by atoms with van der Waals surface area (Å²) in [6.45, 7) is 4.03. The van der Waals surface area contributed by atoms with E-state index in [9.17, 15) is 4.79 Å². The third-order valence-corrected chi connectivity index (χ3v) is 2.18. The van der Waals surface area contributed by atoms with Gasteiger partial charge in [-0.25, -0.2) is 0 Å². The molecule has 0 aromatic heterocycles. The van der Waals surface area contributed by atoms with Crippen molar-refractivity contribution in [2.24, 2.45) is 0 Å². The molecule has 0 heterocycles. The van der Waals surface area contributed by atoms with Crippen LogP contribution in [0.5, 0.6) is 5.75 Å². The number of hydrogen-bond donors (Lipinski definition) is 0. The predicted molar refractivity (Wildman–Crippen MR) is 55.2 cm³/mol. The first kappa shape index (κ1) is 10.3. The molecule has 0 bridgehead atoms. The molecule has 0 radical (unpaired) electrons. The van der Waals surface area contributed by atoms with E-state index in [1.54, 1.807) is 0 Å². The summed E-state index contributed by atoms with van der Waals surface area (Å²) in [4.78, 5) is 10.1. The van der Waals surface area contributed by atoms with E-state index in [2.05, 4.69) is 15.9 Å². The third-order valence-electron chi connectivity index (χ3n) is 1.72. The van der Waals surface area contributed by atoms with E-state index in [-0.39, 0.29) is 6.61 Å². The van der Waals surface area contributed by atoms with Crippen LogP contribution in [0.4, 0.5) is 0 Å². The summed E-state index contributed by atoms with van der Waals surface area (Å²) >= 11 is 3.39. The quantitative estimate of drug-likeness (QED) is 0.763. The number of carbonyl (C=O) groups excluding carboxylic acids is 1. The van der Waals surface area contributed by atoms with Crippen molar-refractivity contribution in [3.63, 3.8) is 0 Å². The Morgan fingerprint density at radius 3 is 2.38 bits per heavy atom. The van der Waals surface area contributed by atoms with Crippen molar-refractivity contribution in [1.82, 2.24) is 0 Å². The zero-order chi connectivity index (χ0) is 9.84. The van der Waals surface area contributed by atoms with Crippen LogP contribution in [0.1, 0.15) is 11.1 Å². The lowest BCUT2D eigenvalue weighted by Crippen LogP contribution is -2.01. The molecule has 1 aromatic rings. The molecule has 0 aliphatic rings. The average Bonchev–Trinajstić information content (AvgIpc) is 2.02. The summed E-state index contributed by atoms with van der Waals surface area (Å²) in [6.07, 6.45) is 0.751. The second-order valence-corrected chi connectivity index (χ2v) is 3.76. The normalized spacial score (nSPS) is 9.77. The Morgan fingerprint density at radius 2 is 1.92 bits per heavy atom. The van der Waals surface area contributed by atoms with Gasteiger partial charge in [-0.1, -0.05) is 15.9 Å². The molecular formula is C10H11BrO2. The first-order valence-electron chi connectivity index (χ1n) is 3.98. The third kappa shape index (κ3) is 2.56. The molecule has 13 heavy (non-hydrogen) atoms. The minimum absolute atomic E-state index is 0.114. The van der Waals surface area contributed by atoms with E-state index in [0.29, 0.717) is 0 Å². The summed E-state index contributed by atoms with van der Waals surface area (Å²) in [6, 6.07) is 3.93. The van der Waals surface area contributed by atoms with Gasteiger partial charge in [0.2, 0.25) is 0 Å². The van der Waals surface area contributed by atoms with Crippen molar-refractivity contribution >= 4 is 22.2 Å². The number of carbonyl (C=O) groups is 1. The fourth-order valence-electron chi connectivity index (χ4n) is 1.24. The highest BCUT2D eigenvalue weighted by atomic mass is 79.9. The molecule has 0 atom stereocenters. The van der Waals surface area contributed by atoms with Gasteiger partial charge in [0.25, 0.3) is 0 Å². The molecule has 0 unspecified atom stereocenters. The lowest BCUT2D eigenvalue weighted by Gasteiger charge is -2.09. The van der Waals surface area contributed by atoms with Gasteiger partial charge in [-0.2, -0.15) is 0 Å². The zero-order valence-corrected chi connectivity index (χ0v) is 9.22. The highest BCUT2D eigenvalue weighted by Gasteiger charge is 2.04. The van der Waals surface area contributed by atoms with Crippen molar-refractivity contribution in [1.29, 1.82) is 0 Å². The molecule has 3 heteroatoms. The topological polar surface area (TPSA) is 26.3 Å². The minimum Gasteiger partial charge on any atom is -0.486 e. The van der Waals surface area contributed by atoms with E-state index in [4.69, 9.17) is 4.74 Å². The van der Waals surface area contributed by atoms with Crippen LogP contribution in [-0.2, 0) is 4.79 Å². The predicted octanol–water partition coefficient (Wildman–Crippen LogP) is 2.64. The summed E-state index contributed by atoms with van der Waals surface area (Å²) in [5.74, 6) is 0.801. The van der Waals surface area contributed by atoms with Gasteiger partial charge in [0.1, 0.15) is 12.4 Å². The fourth-order valence-corrected chi connectivity index (χ4v) is 1.93. The van der Waals surface area contributed by atoms with Crippen LogP contribution in [0.15, 0.2) is 16.6 Å². The SMILES string of the molecule is Cc1cc(Br)cc(C)c1OCC=O. The first-order chi connectivity index (χ1) is 6.15. The molecule has 0 aliphatic heterocycles. The number of hydrogen-bond acceptors (Lipinski definition) is 2. The van der Waals surface area contributed by atoms with Crippen molar-refractivity contribution in [3.8, 4) is 5.75 Å². The van der Waals surface area contributed by atoms with E-state index >= 15 is 0 Å². The van der Waals surface area contributed by atoms with E-state index in [1.165, 1.54) is 0 Å². The van der Waals surface area contributed by atoms with E-state index in [0.717, 1.165) is 27.6 Å². The van der Waals surface area contributed by atoms with E-state index in [1.807, 2.05) is 26.0 Å². The number of rotatable bonds is 3. The molecule has 0 saturated heterocycles. The summed E-state index contributed by atoms with van der Waals surface area (Å²) in [5.41, 5.74) is 2.07. The molecule has 0 N–H and O–H groups in total. The Bertz CT molecular complexity index is 298. The second-order valence-electron chi connectivity index (χ2n) is 2.85. The number of benzene rings is 1. The van der Waals surface area contributed by atoms with Gasteiger partial charge < -0.3 is 4.74 Å². The minimum atomic E-state index is 0.114. The lowest BCUT2D eigenvalue weighted by atomic mass is 10.1. The molecule has 70 valence electrons. The van der Waals surface area contributed by atoms with E-state index < -0.39 is 0 Å². The Hall–Kier alpha value is -0.830. The van der Waals surface area contributed by atoms with Crippen molar-refractivity contribution in [3.05, 3.63) is 27.7 Å². The fraction of sp³-hybridized carbons (Fsp3) is 0.300. The van der Waals surface area contributed by atoms with Gasteiger partial charge in [-0.15, -0.1) is 0 Å². The standard InChI is InChI=1S/C10H11BrO2/c1-7-5-9(11)6-8(2)10(7)13-4-3-12/h3,5-6H,4H2,1-2H3.